The Morgan fingerprint density at radius 2 is 2.10 bits per heavy atom. The maximum atomic E-state index is 6.16. The number of nitrogens with zero attached hydrogens (tertiary/aromatic N) is 2. The summed E-state index contributed by atoms with van der Waals surface area (Å²) in [4.78, 5) is 9.02. The van der Waals surface area contributed by atoms with Crippen LogP contribution in [0.5, 0.6) is 0 Å². The zero-order chi connectivity index (χ0) is 14.7. The highest BCUT2D eigenvalue weighted by Crippen LogP contribution is 2.29. The monoisotopic (exact) mass is 355 g/mol. The van der Waals surface area contributed by atoms with Gasteiger partial charge < -0.3 is 10.1 Å². The van der Waals surface area contributed by atoms with E-state index in [1.54, 1.807) is 7.11 Å². The molecule has 1 aromatic heterocycles. The number of halogens is 2. The lowest BCUT2D eigenvalue weighted by Crippen LogP contribution is -2.04. The Labute approximate surface area is 131 Å². The van der Waals surface area contributed by atoms with Crippen LogP contribution < -0.4 is 5.32 Å². The summed E-state index contributed by atoms with van der Waals surface area (Å²) in [5.41, 5.74) is 2.69. The van der Waals surface area contributed by atoms with Gasteiger partial charge in [0.05, 0.1) is 16.8 Å². The normalized spacial score (nSPS) is 10.7. The van der Waals surface area contributed by atoms with Gasteiger partial charge in [-0.2, -0.15) is 0 Å². The van der Waals surface area contributed by atoms with E-state index in [9.17, 15) is 0 Å². The van der Waals surface area contributed by atoms with Crippen LogP contribution in [0.1, 0.15) is 11.3 Å². The van der Waals surface area contributed by atoms with Crippen molar-refractivity contribution in [3.8, 4) is 11.4 Å². The van der Waals surface area contributed by atoms with Gasteiger partial charge in [0.2, 0.25) is 0 Å². The van der Waals surface area contributed by atoms with E-state index in [1.165, 1.54) is 0 Å². The van der Waals surface area contributed by atoms with Gasteiger partial charge in [-0.25, -0.2) is 9.97 Å². The van der Waals surface area contributed by atoms with Crippen LogP contribution >= 0.6 is 27.5 Å². The van der Waals surface area contributed by atoms with Crippen LogP contribution in [-0.4, -0.2) is 24.1 Å². The van der Waals surface area contributed by atoms with Crippen molar-refractivity contribution in [2.45, 2.75) is 13.5 Å². The van der Waals surface area contributed by atoms with Gasteiger partial charge >= 0.3 is 0 Å². The van der Waals surface area contributed by atoms with Gasteiger partial charge in [-0.15, -0.1) is 0 Å². The molecule has 0 bridgehead atoms. The first-order valence-electron chi connectivity index (χ1n) is 6.06. The van der Waals surface area contributed by atoms with Crippen LogP contribution in [0, 0.1) is 6.92 Å². The van der Waals surface area contributed by atoms with E-state index in [2.05, 4.69) is 31.2 Å². The summed E-state index contributed by atoms with van der Waals surface area (Å²) in [6, 6.07) is 5.79. The molecule has 0 saturated heterocycles. The minimum atomic E-state index is 0.407. The fourth-order valence-electron chi connectivity index (χ4n) is 1.75. The molecule has 0 atom stereocenters. The average molecular weight is 357 g/mol. The molecule has 1 heterocycles. The van der Waals surface area contributed by atoms with Crippen LogP contribution in [0.3, 0.4) is 0 Å². The highest BCUT2D eigenvalue weighted by molar-refractivity contribution is 9.10. The molecule has 0 fully saturated rings. The third kappa shape index (κ3) is 3.11. The largest absolute Gasteiger partial charge is 0.378 e. The Balaban J connectivity index is 2.55. The minimum absolute atomic E-state index is 0.407. The van der Waals surface area contributed by atoms with Crippen LogP contribution in [0.2, 0.25) is 5.02 Å². The molecule has 0 aliphatic carbocycles. The quantitative estimate of drug-likeness (QED) is 0.897. The van der Waals surface area contributed by atoms with Crippen LogP contribution in [-0.2, 0) is 11.3 Å². The number of hydrogen-bond acceptors (Lipinski definition) is 4. The van der Waals surface area contributed by atoms with Crippen LogP contribution in [0.4, 0.5) is 5.82 Å². The van der Waals surface area contributed by atoms with Crippen molar-refractivity contribution >= 4 is 33.3 Å². The first-order chi connectivity index (χ1) is 9.56. The van der Waals surface area contributed by atoms with E-state index in [4.69, 9.17) is 16.3 Å². The maximum Gasteiger partial charge on any atom is 0.161 e. The van der Waals surface area contributed by atoms with Crippen molar-refractivity contribution in [3.63, 3.8) is 0 Å². The number of hydrogen-bond donors (Lipinski definition) is 1. The Bertz CT molecular complexity index is 634. The Morgan fingerprint density at radius 3 is 2.70 bits per heavy atom. The van der Waals surface area contributed by atoms with Gasteiger partial charge in [-0.1, -0.05) is 23.7 Å². The van der Waals surface area contributed by atoms with Gasteiger partial charge in [-0.05, 0) is 34.5 Å². The summed E-state index contributed by atoms with van der Waals surface area (Å²) in [5, 5.41) is 3.75. The van der Waals surface area contributed by atoms with Crippen molar-refractivity contribution in [3.05, 3.63) is 39.0 Å². The molecule has 6 heteroatoms. The molecule has 0 radical (unpaired) electrons. The van der Waals surface area contributed by atoms with Crippen molar-refractivity contribution < 1.29 is 4.74 Å². The summed E-state index contributed by atoms with van der Waals surface area (Å²) < 4.78 is 5.98. The fourth-order valence-corrected chi connectivity index (χ4v) is 2.42. The third-order valence-corrected chi connectivity index (χ3v) is 4.11. The molecule has 1 aromatic carbocycles. The van der Waals surface area contributed by atoms with Crippen molar-refractivity contribution in [2.75, 3.05) is 19.5 Å². The first kappa shape index (κ1) is 15.2. The van der Waals surface area contributed by atoms with Gasteiger partial charge in [0.1, 0.15) is 5.82 Å². The van der Waals surface area contributed by atoms with E-state index in [0.29, 0.717) is 17.5 Å². The molecule has 2 rings (SSSR count). The molecule has 20 heavy (non-hydrogen) atoms. The van der Waals surface area contributed by atoms with E-state index < -0.39 is 0 Å². The predicted molar refractivity (Wildman–Crippen MR) is 85.2 cm³/mol. The Morgan fingerprint density at radius 1 is 1.35 bits per heavy atom. The van der Waals surface area contributed by atoms with E-state index in [0.717, 1.165) is 27.1 Å². The average Bonchev–Trinajstić information content (AvgIpc) is 2.44. The molecule has 0 unspecified atom stereocenters. The second kappa shape index (κ2) is 6.52. The zero-order valence-electron chi connectivity index (χ0n) is 11.5. The summed E-state index contributed by atoms with van der Waals surface area (Å²) in [7, 11) is 3.45. The summed E-state index contributed by atoms with van der Waals surface area (Å²) in [6.07, 6.45) is 0. The maximum absolute atomic E-state index is 6.16. The van der Waals surface area contributed by atoms with E-state index >= 15 is 0 Å². The summed E-state index contributed by atoms with van der Waals surface area (Å²) in [6.45, 7) is 2.37. The van der Waals surface area contributed by atoms with Gasteiger partial charge in [0, 0.05) is 24.7 Å². The summed E-state index contributed by atoms with van der Waals surface area (Å²) >= 11 is 9.65. The number of rotatable bonds is 4. The van der Waals surface area contributed by atoms with Crippen molar-refractivity contribution in [2.24, 2.45) is 0 Å². The molecule has 0 amide bonds. The molecule has 0 aliphatic heterocycles. The van der Waals surface area contributed by atoms with E-state index in [1.807, 2.05) is 32.2 Å². The fraction of sp³-hybridized carbons (Fsp3) is 0.286. The van der Waals surface area contributed by atoms with Gasteiger partial charge in [0.15, 0.2) is 5.82 Å². The van der Waals surface area contributed by atoms with Gasteiger partial charge in [-0.3, -0.25) is 0 Å². The van der Waals surface area contributed by atoms with Crippen LogP contribution in [0.25, 0.3) is 11.4 Å². The second-order valence-corrected chi connectivity index (χ2v) is 5.50. The topological polar surface area (TPSA) is 47.0 Å². The minimum Gasteiger partial charge on any atom is -0.378 e. The lowest BCUT2D eigenvalue weighted by molar-refractivity contribution is 0.181. The predicted octanol–water partition coefficient (Wildman–Crippen LogP) is 4.06. The third-order valence-electron chi connectivity index (χ3n) is 2.87. The number of methoxy groups -OCH3 is 1. The Hall–Kier alpha value is -1.17. The van der Waals surface area contributed by atoms with Gasteiger partial charge in [0.25, 0.3) is 0 Å². The number of benzene rings is 1. The molecular formula is C14H15BrClN3O. The molecule has 2 aromatic rings. The van der Waals surface area contributed by atoms with E-state index in [-0.39, 0.29) is 0 Å². The standard InChI is InChI=1S/C14H15BrClN3O/c1-8-4-5-9(6-10(8)16)13-18-11(7-20-3)12(15)14(17-2)19-13/h4-6H,7H2,1-3H3,(H,17,18,19). The van der Waals surface area contributed by atoms with Crippen molar-refractivity contribution in [1.82, 2.24) is 9.97 Å². The highest BCUT2D eigenvalue weighted by Gasteiger charge is 2.13. The first-order valence-corrected chi connectivity index (χ1v) is 7.23. The highest BCUT2D eigenvalue weighted by atomic mass is 79.9. The lowest BCUT2D eigenvalue weighted by atomic mass is 10.1. The molecule has 0 spiro atoms. The number of nitrogens with one attached hydrogen (secondary N) is 1. The smallest absolute Gasteiger partial charge is 0.161 e. The summed E-state index contributed by atoms with van der Waals surface area (Å²) in [5.74, 6) is 1.34. The second-order valence-electron chi connectivity index (χ2n) is 4.30. The molecule has 1 N–H and O–H groups in total. The number of aromatic nitrogens is 2. The SMILES string of the molecule is CNc1nc(-c2ccc(C)c(Cl)c2)nc(COC)c1Br. The van der Waals surface area contributed by atoms with Crippen molar-refractivity contribution in [1.29, 1.82) is 0 Å². The molecular weight excluding hydrogens is 342 g/mol. The van der Waals surface area contributed by atoms with Crippen LogP contribution in [0.15, 0.2) is 22.7 Å². The molecule has 0 aliphatic rings. The lowest BCUT2D eigenvalue weighted by Gasteiger charge is -2.11. The number of aryl methyl sites for hydroxylation is 1. The molecule has 4 nitrogen and oxygen atoms in total. The Kier molecular flexibility index (Phi) is 4.96. The molecule has 106 valence electrons. The molecule has 0 saturated carbocycles. The number of ether oxygens (including phenoxy) is 1. The number of anilines is 1. The zero-order valence-corrected chi connectivity index (χ0v) is 13.8.